The average Bonchev–Trinajstić information content (AvgIpc) is 3.39. The molecule has 0 radical (unpaired) electrons. The van der Waals surface area contributed by atoms with E-state index in [1.807, 2.05) is 0 Å². The molecule has 2 heterocycles. The minimum Gasteiger partial charge on any atom is -0.456 e. The third kappa shape index (κ3) is 3.31. The lowest BCUT2D eigenvalue weighted by Gasteiger charge is -2.22. The molecule has 0 amide bonds. The molecule has 44 heavy (non-hydrogen) atoms. The molecule has 0 unspecified atom stereocenters. The van der Waals surface area contributed by atoms with Crippen molar-refractivity contribution in [1.82, 2.24) is 4.57 Å². The Labute approximate surface area is 254 Å². The van der Waals surface area contributed by atoms with Crippen LogP contribution in [0.4, 0.5) is 0 Å². The molecule has 0 N–H and O–H groups in total. The van der Waals surface area contributed by atoms with Crippen LogP contribution in [0.2, 0.25) is 0 Å². The van der Waals surface area contributed by atoms with Crippen molar-refractivity contribution in [3.63, 3.8) is 0 Å². The van der Waals surface area contributed by atoms with Gasteiger partial charge < -0.3 is 9.30 Å². The maximum Gasteiger partial charge on any atom is 0.135 e. The molecule has 0 saturated carbocycles. The summed E-state index contributed by atoms with van der Waals surface area (Å²) in [5.41, 5.74) is 8.35. The summed E-state index contributed by atoms with van der Waals surface area (Å²) in [5, 5.41) is 9.87. The molecule has 2 heteroatoms. The van der Waals surface area contributed by atoms with Gasteiger partial charge in [0, 0.05) is 27.1 Å². The molecule has 1 aromatic heterocycles. The number of nitrogens with zero attached hydrogens (tertiary/aromatic N) is 1. The molecule has 0 fully saturated rings. The van der Waals surface area contributed by atoms with Crippen LogP contribution in [0.5, 0.6) is 11.5 Å². The van der Waals surface area contributed by atoms with Gasteiger partial charge in [-0.2, -0.15) is 0 Å². The van der Waals surface area contributed by atoms with Crippen molar-refractivity contribution in [2.24, 2.45) is 0 Å². The van der Waals surface area contributed by atoms with Crippen molar-refractivity contribution in [3.8, 4) is 39.4 Å². The number of hydrogen-bond donors (Lipinski definition) is 0. The molecule has 1 aliphatic rings. The summed E-state index contributed by atoms with van der Waals surface area (Å²) in [7, 11) is 0. The van der Waals surface area contributed by atoms with Gasteiger partial charge in [-0.1, -0.05) is 103 Å². The lowest BCUT2D eigenvalue weighted by molar-refractivity contribution is 0.487. The van der Waals surface area contributed by atoms with Crippen molar-refractivity contribution < 1.29 is 4.74 Å². The van der Waals surface area contributed by atoms with Gasteiger partial charge in [-0.25, -0.2) is 0 Å². The number of hydrogen-bond acceptors (Lipinski definition) is 1. The van der Waals surface area contributed by atoms with Gasteiger partial charge in [0.2, 0.25) is 0 Å². The number of ether oxygens (including phenoxy) is 1. The number of fused-ring (bicyclic) bond motifs is 7. The summed E-state index contributed by atoms with van der Waals surface area (Å²) in [4.78, 5) is 0. The monoisotopic (exact) mass is 559 g/mol. The summed E-state index contributed by atoms with van der Waals surface area (Å²) in [6.45, 7) is 0. The number of aromatic nitrogens is 1. The zero-order valence-electron chi connectivity index (χ0n) is 23.8. The summed E-state index contributed by atoms with van der Waals surface area (Å²) in [6.07, 6.45) is 0. The second-order valence-electron chi connectivity index (χ2n) is 11.8. The smallest absolute Gasteiger partial charge is 0.135 e. The fraction of sp³-hybridized carbons (Fsp3) is 0. The highest BCUT2D eigenvalue weighted by molar-refractivity contribution is 6.15. The van der Waals surface area contributed by atoms with E-state index in [0.29, 0.717) is 0 Å². The fourth-order valence-corrected chi connectivity index (χ4v) is 7.29. The quantitative estimate of drug-likeness (QED) is 0.205. The predicted molar refractivity (Wildman–Crippen MR) is 184 cm³/mol. The summed E-state index contributed by atoms with van der Waals surface area (Å²) < 4.78 is 8.84. The summed E-state index contributed by atoms with van der Waals surface area (Å²) in [5.74, 6) is 1.83. The van der Waals surface area contributed by atoms with E-state index in [0.717, 1.165) is 17.1 Å². The van der Waals surface area contributed by atoms with E-state index in [2.05, 4.69) is 156 Å². The Morgan fingerprint density at radius 1 is 0.386 bits per heavy atom. The Balaban J connectivity index is 1.24. The largest absolute Gasteiger partial charge is 0.456 e. The van der Waals surface area contributed by atoms with Crippen molar-refractivity contribution in [2.45, 2.75) is 0 Å². The molecule has 0 bridgehead atoms. The van der Waals surface area contributed by atoms with E-state index < -0.39 is 0 Å². The third-order valence-corrected chi connectivity index (χ3v) is 9.33. The molecule has 8 aromatic carbocycles. The predicted octanol–water partition coefficient (Wildman–Crippen LogP) is 11.7. The van der Waals surface area contributed by atoms with E-state index in [1.54, 1.807) is 0 Å². The van der Waals surface area contributed by atoms with Gasteiger partial charge in [0.15, 0.2) is 0 Å². The molecule has 9 aromatic rings. The Morgan fingerprint density at radius 2 is 1.07 bits per heavy atom. The molecular weight excluding hydrogens is 534 g/mol. The Morgan fingerprint density at radius 3 is 1.98 bits per heavy atom. The second kappa shape index (κ2) is 8.82. The van der Waals surface area contributed by atoms with Crippen LogP contribution in [0, 0.1) is 0 Å². The van der Waals surface area contributed by atoms with Crippen LogP contribution in [0.15, 0.2) is 152 Å². The van der Waals surface area contributed by atoms with Gasteiger partial charge in [-0.3, -0.25) is 0 Å². The third-order valence-electron chi connectivity index (χ3n) is 9.33. The van der Waals surface area contributed by atoms with E-state index in [9.17, 15) is 0 Å². The van der Waals surface area contributed by atoms with Gasteiger partial charge in [0.05, 0.1) is 16.7 Å². The van der Waals surface area contributed by atoms with Crippen LogP contribution < -0.4 is 4.74 Å². The van der Waals surface area contributed by atoms with Crippen molar-refractivity contribution in [1.29, 1.82) is 0 Å². The first kappa shape index (κ1) is 23.7. The number of benzene rings is 8. The molecule has 0 spiro atoms. The van der Waals surface area contributed by atoms with E-state index in [1.165, 1.54) is 76.5 Å². The molecule has 2 nitrogen and oxygen atoms in total. The standard InChI is InChI=1S/C42H25NO/c1-2-10-29-25-39-35(22-28(29)9-1)34-23-30(18-20-38(34)43(39)37-16-6-11-26-8-3-4-14-32(26)37)31-19-21-40-36(24-31)33-15-5-12-27-13-7-17-41(44-40)42(27)33/h1-25H. The second-order valence-corrected chi connectivity index (χ2v) is 11.8. The lowest BCUT2D eigenvalue weighted by Crippen LogP contribution is -1.97. The highest BCUT2D eigenvalue weighted by atomic mass is 16.5. The first-order chi connectivity index (χ1) is 21.8. The SMILES string of the molecule is c1ccc2cc3c(cc2c1)c1cc(-c2ccc4c(c2)-c2cccc5cccc(c25)O4)ccc1n3-c1cccc2ccccc12. The van der Waals surface area contributed by atoms with Crippen LogP contribution in [-0.2, 0) is 0 Å². The Hall–Kier alpha value is -5.86. The molecule has 204 valence electrons. The van der Waals surface area contributed by atoms with Crippen LogP contribution in [0.25, 0.3) is 82.1 Å². The highest BCUT2D eigenvalue weighted by Gasteiger charge is 2.21. The Bertz CT molecular complexity index is 2630. The zero-order valence-corrected chi connectivity index (χ0v) is 23.8. The van der Waals surface area contributed by atoms with Gasteiger partial charge in [0.25, 0.3) is 0 Å². The Kier molecular flexibility index (Phi) is 4.75. The molecule has 10 rings (SSSR count). The summed E-state index contributed by atoms with van der Waals surface area (Å²) in [6, 6.07) is 55.0. The van der Waals surface area contributed by atoms with Gasteiger partial charge >= 0.3 is 0 Å². The molecule has 0 saturated heterocycles. The molecule has 1 aliphatic heterocycles. The normalized spacial score (nSPS) is 12.3. The highest BCUT2D eigenvalue weighted by Crippen LogP contribution is 2.48. The first-order valence-corrected chi connectivity index (χ1v) is 15.1. The van der Waals surface area contributed by atoms with E-state index >= 15 is 0 Å². The molecule has 0 aliphatic carbocycles. The zero-order chi connectivity index (χ0) is 28.8. The lowest BCUT2D eigenvalue weighted by atomic mass is 9.92. The first-order valence-electron chi connectivity index (χ1n) is 15.1. The van der Waals surface area contributed by atoms with Gasteiger partial charge in [0.1, 0.15) is 11.5 Å². The van der Waals surface area contributed by atoms with Crippen LogP contribution in [0.3, 0.4) is 0 Å². The van der Waals surface area contributed by atoms with Crippen LogP contribution in [-0.4, -0.2) is 4.57 Å². The molecular formula is C42H25NO. The van der Waals surface area contributed by atoms with E-state index in [-0.39, 0.29) is 0 Å². The molecule has 0 atom stereocenters. The maximum atomic E-state index is 6.39. The minimum atomic E-state index is 0.903. The van der Waals surface area contributed by atoms with Crippen molar-refractivity contribution in [3.05, 3.63) is 152 Å². The fourth-order valence-electron chi connectivity index (χ4n) is 7.29. The van der Waals surface area contributed by atoms with Crippen molar-refractivity contribution in [2.75, 3.05) is 0 Å². The maximum absolute atomic E-state index is 6.39. The van der Waals surface area contributed by atoms with Crippen molar-refractivity contribution >= 4 is 54.1 Å². The summed E-state index contributed by atoms with van der Waals surface area (Å²) >= 11 is 0. The van der Waals surface area contributed by atoms with E-state index in [4.69, 9.17) is 4.74 Å². The number of rotatable bonds is 2. The van der Waals surface area contributed by atoms with Gasteiger partial charge in [-0.05, 0) is 86.8 Å². The minimum absolute atomic E-state index is 0.903. The van der Waals surface area contributed by atoms with Gasteiger partial charge in [-0.15, -0.1) is 0 Å². The van der Waals surface area contributed by atoms with Crippen LogP contribution >= 0.6 is 0 Å². The van der Waals surface area contributed by atoms with Crippen LogP contribution in [0.1, 0.15) is 0 Å². The topological polar surface area (TPSA) is 14.2 Å². The average molecular weight is 560 g/mol.